The van der Waals surface area contributed by atoms with E-state index in [2.05, 4.69) is 11.4 Å². The molecule has 0 aromatic carbocycles. The fourth-order valence-electron chi connectivity index (χ4n) is 4.96. The molecule has 0 aromatic rings. The number of alkyl halides is 2. The summed E-state index contributed by atoms with van der Waals surface area (Å²) in [6.45, 7) is 3.16. The lowest BCUT2D eigenvalue weighted by atomic mass is 9.68. The van der Waals surface area contributed by atoms with Crippen molar-refractivity contribution < 1.29 is 13.6 Å². The Balaban J connectivity index is 1.67. The van der Waals surface area contributed by atoms with Gasteiger partial charge in [-0.1, -0.05) is 32.6 Å². The van der Waals surface area contributed by atoms with Crippen LogP contribution in [-0.4, -0.2) is 41.4 Å². The zero-order chi connectivity index (χ0) is 19.5. The van der Waals surface area contributed by atoms with Crippen molar-refractivity contribution in [2.24, 2.45) is 5.41 Å². The number of amides is 1. The quantitative estimate of drug-likeness (QED) is 0.711. The van der Waals surface area contributed by atoms with E-state index in [9.17, 15) is 18.8 Å². The second-order valence-electron chi connectivity index (χ2n) is 9.11. The molecular weight excluding hydrogens is 348 g/mol. The number of hydrogen-bond donors (Lipinski definition) is 1. The molecule has 0 aromatic heterocycles. The summed E-state index contributed by atoms with van der Waals surface area (Å²) < 4.78 is 28.8. The fraction of sp³-hybridized carbons (Fsp3) is 0.905. The number of carbonyl (C=O) groups excluding carboxylic acids is 1. The summed E-state index contributed by atoms with van der Waals surface area (Å²) in [6.07, 6.45) is 9.31. The van der Waals surface area contributed by atoms with Gasteiger partial charge in [0.1, 0.15) is 5.54 Å². The number of carbonyl (C=O) groups is 1. The molecule has 1 atom stereocenters. The molecule has 6 heteroatoms. The van der Waals surface area contributed by atoms with Crippen molar-refractivity contribution in [2.45, 2.75) is 101 Å². The van der Waals surface area contributed by atoms with Gasteiger partial charge >= 0.3 is 0 Å². The first-order valence-corrected chi connectivity index (χ1v) is 10.7. The normalized spacial score (nSPS) is 25.6. The van der Waals surface area contributed by atoms with Gasteiger partial charge in [-0.15, -0.1) is 0 Å². The summed E-state index contributed by atoms with van der Waals surface area (Å²) in [6, 6.07) is 1.30. The molecule has 27 heavy (non-hydrogen) atoms. The Kier molecular flexibility index (Phi) is 6.10. The highest BCUT2D eigenvalue weighted by molar-refractivity contribution is 5.83. The van der Waals surface area contributed by atoms with Crippen molar-refractivity contribution in [3.05, 3.63) is 0 Å². The molecule has 0 radical (unpaired) electrons. The third-order valence-electron chi connectivity index (χ3n) is 6.95. The largest absolute Gasteiger partial charge is 0.336 e. The number of nitrogens with zero attached hydrogens (tertiary/aromatic N) is 2. The molecule has 1 saturated heterocycles. The number of nitrogens with one attached hydrogen (secondary N) is 1. The van der Waals surface area contributed by atoms with Crippen molar-refractivity contribution in [1.29, 1.82) is 5.26 Å². The van der Waals surface area contributed by atoms with Crippen molar-refractivity contribution >= 4 is 5.91 Å². The lowest BCUT2D eigenvalue weighted by molar-refractivity contribution is -0.133. The summed E-state index contributed by atoms with van der Waals surface area (Å²) >= 11 is 0. The average molecular weight is 382 g/mol. The van der Waals surface area contributed by atoms with E-state index in [1.165, 1.54) is 32.1 Å². The van der Waals surface area contributed by atoms with Crippen molar-refractivity contribution in [3.8, 4) is 6.07 Å². The molecule has 1 spiro atoms. The Labute approximate surface area is 161 Å². The minimum absolute atomic E-state index is 0.196. The van der Waals surface area contributed by atoms with Gasteiger partial charge in [0.25, 0.3) is 0 Å². The third-order valence-corrected chi connectivity index (χ3v) is 6.95. The minimum Gasteiger partial charge on any atom is -0.336 e. The van der Waals surface area contributed by atoms with E-state index in [4.69, 9.17) is 0 Å². The fourth-order valence-corrected chi connectivity index (χ4v) is 4.96. The van der Waals surface area contributed by atoms with Crippen LogP contribution in [0.4, 0.5) is 8.78 Å². The predicted octanol–water partition coefficient (Wildman–Crippen LogP) is 4.40. The lowest BCUT2D eigenvalue weighted by Gasteiger charge is -2.46. The second kappa shape index (κ2) is 8.03. The summed E-state index contributed by atoms with van der Waals surface area (Å²) in [5, 5.41) is 12.0. The highest BCUT2D eigenvalue weighted by atomic mass is 19.3. The van der Waals surface area contributed by atoms with Gasteiger partial charge in [-0.3, -0.25) is 9.69 Å². The number of halogens is 2. The first-order valence-electron chi connectivity index (χ1n) is 10.7. The van der Waals surface area contributed by atoms with E-state index in [0.717, 1.165) is 12.8 Å². The van der Waals surface area contributed by atoms with Gasteiger partial charge in [0.05, 0.1) is 12.1 Å². The molecule has 1 aliphatic heterocycles. The molecule has 1 heterocycles. The molecular formula is C21H33F2N3O. The maximum atomic E-state index is 14.4. The summed E-state index contributed by atoms with van der Waals surface area (Å²) in [5.41, 5.74) is -0.443. The van der Waals surface area contributed by atoms with E-state index in [-0.39, 0.29) is 12.3 Å². The Morgan fingerprint density at radius 1 is 1.15 bits per heavy atom. The molecule has 1 amide bonds. The van der Waals surface area contributed by atoms with Crippen molar-refractivity contribution in [1.82, 2.24) is 10.2 Å². The standard InChI is InChI=1S/C21H33F2N3O/c1-2-6-21(22,23)15-17(18(27)25-20(16-24)9-10-20)26-13-11-19(12-14-26)7-4-3-5-8-19/h17H,2-15H2,1H3,(H,25,27)/t17-/m0/s1. The molecule has 0 bridgehead atoms. The van der Waals surface area contributed by atoms with Crippen LogP contribution in [0.15, 0.2) is 0 Å². The predicted molar refractivity (Wildman–Crippen MR) is 100 cm³/mol. The number of hydrogen-bond acceptors (Lipinski definition) is 3. The van der Waals surface area contributed by atoms with Crippen LogP contribution in [-0.2, 0) is 4.79 Å². The van der Waals surface area contributed by atoms with Crippen LogP contribution in [0.3, 0.4) is 0 Å². The minimum atomic E-state index is -2.85. The van der Waals surface area contributed by atoms with Crippen molar-refractivity contribution in [2.75, 3.05) is 13.1 Å². The van der Waals surface area contributed by atoms with E-state index in [1.807, 2.05) is 4.90 Å². The zero-order valence-electron chi connectivity index (χ0n) is 16.5. The average Bonchev–Trinajstić information content (AvgIpc) is 3.41. The Morgan fingerprint density at radius 3 is 2.30 bits per heavy atom. The summed E-state index contributed by atoms with van der Waals surface area (Å²) in [4.78, 5) is 14.8. The topological polar surface area (TPSA) is 56.1 Å². The Morgan fingerprint density at radius 2 is 1.78 bits per heavy atom. The van der Waals surface area contributed by atoms with Crippen LogP contribution >= 0.6 is 0 Å². The van der Waals surface area contributed by atoms with Crippen LogP contribution in [0, 0.1) is 16.7 Å². The van der Waals surface area contributed by atoms with E-state index >= 15 is 0 Å². The maximum Gasteiger partial charge on any atom is 0.250 e. The SMILES string of the molecule is CCCC(F)(F)C[C@@H](C(=O)NC1(C#N)CC1)N1CCC2(CCCCC2)CC1. The highest BCUT2D eigenvalue weighted by Crippen LogP contribution is 2.45. The summed E-state index contributed by atoms with van der Waals surface area (Å²) in [7, 11) is 0. The molecule has 152 valence electrons. The molecule has 2 aliphatic carbocycles. The van der Waals surface area contributed by atoms with Crippen LogP contribution in [0.5, 0.6) is 0 Å². The van der Waals surface area contributed by atoms with Gasteiger partial charge in [0, 0.05) is 12.8 Å². The number of likely N-dealkylation sites (tertiary alicyclic amines) is 1. The maximum absolute atomic E-state index is 14.4. The molecule has 4 nitrogen and oxygen atoms in total. The van der Waals surface area contributed by atoms with Crippen LogP contribution in [0.25, 0.3) is 0 Å². The number of piperidine rings is 1. The first kappa shape index (κ1) is 20.5. The number of nitriles is 1. The van der Waals surface area contributed by atoms with Gasteiger partial charge < -0.3 is 5.32 Å². The Bertz CT molecular complexity index is 566. The van der Waals surface area contributed by atoms with Gasteiger partial charge in [0.15, 0.2) is 0 Å². The first-order chi connectivity index (χ1) is 12.8. The van der Waals surface area contributed by atoms with Crippen LogP contribution in [0.1, 0.15) is 84.0 Å². The van der Waals surface area contributed by atoms with Crippen LogP contribution < -0.4 is 5.32 Å². The third kappa shape index (κ3) is 4.99. The molecule has 3 aliphatic rings. The van der Waals surface area contributed by atoms with E-state index in [1.54, 1.807) is 6.92 Å². The van der Waals surface area contributed by atoms with E-state index in [0.29, 0.717) is 37.8 Å². The lowest BCUT2D eigenvalue weighted by Crippen LogP contribution is -2.55. The smallest absolute Gasteiger partial charge is 0.250 e. The van der Waals surface area contributed by atoms with E-state index < -0.39 is 23.9 Å². The Hall–Kier alpha value is -1.22. The molecule has 3 rings (SSSR count). The molecule has 2 saturated carbocycles. The van der Waals surface area contributed by atoms with Crippen molar-refractivity contribution in [3.63, 3.8) is 0 Å². The van der Waals surface area contributed by atoms with Gasteiger partial charge in [-0.25, -0.2) is 8.78 Å². The summed E-state index contributed by atoms with van der Waals surface area (Å²) in [5.74, 6) is -3.23. The zero-order valence-corrected chi connectivity index (χ0v) is 16.5. The van der Waals surface area contributed by atoms with Gasteiger partial charge in [-0.05, 0) is 57.0 Å². The molecule has 3 fully saturated rings. The monoisotopic (exact) mass is 381 g/mol. The molecule has 0 unspecified atom stereocenters. The second-order valence-corrected chi connectivity index (χ2v) is 9.11. The van der Waals surface area contributed by atoms with Gasteiger partial charge in [0.2, 0.25) is 11.8 Å². The highest BCUT2D eigenvalue weighted by Gasteiger charge is 2.48. The number of rotatable bonds is 7. The van der Waals surface area contributed by atoms with Crippen LogP contribution in [0.2, 0.25) is 0 Å². The van der Waals surface area contributed by atoms with Gasteiger partial charge in [-0.2, -0.15) is 5.26 Å². The molecule has 1 N–H and O–H groups in total.